The molecule has 0 spiro atoms. The molecule has 1 saturated carbocycles. The van der Waals surface area contributed by atoms with Gasteiger partial charge in [-0.25, -0.2) is 0 Å². The molecule has 314 valence electrons. The lowest BCUT2D eigenvalue weighted by Crippen LogP contribution is -2.28. The second-order valence-electron chi connectivity index (χ2n) is 17.0. The molecule has 0 radical (unpaired) electrons. The first-order chi connectivity index (χ1) is 26.0. The minimum atomic E-state index is -0.0232. The number of aliphatic hydroxyl groups excluding tert-OH is 1. The molecule has 1 fully saturated rings. The van der Waals surface area contributed by atoms with Crippen LogP contribution in [0.4, 0.5) is 0 Å². The third-order valence-corrected chi connectivity index (χ3v) is 11.7. The zero-order valence-electron chi connectivity index (χ0n) is 35.9. The van der Waals surface area contributed by atoms with Gasteiger partial charge < -0.3 is 19.5 Å². The quantitative estimate of drug-likeness (QED) is 0.0495. The minimum Gasteiger partial charge on any atom is -0.466 e. The molecule has 1 aliphatic carbocycles. The van der Waals surface area contributed by atoms with E-state index < -0.39 is 0 Å². The van der Waals surface area contributed by atoms with Crippen LogP contribution in [-0.4, -0.2) is 60.9 Å². The molecule has 6 nitrogen and oxygen atoms in total. The zero-order chi connectivity index (χ0) is 38.5. The van der Waals surface area contributed by atoms with Gasteiger partial charge in [-0.15, -0.1) is 0 Å². The Labute approximate surface area is 330 Å². The largest absolute Gasteiger partial charge is 0.466 e. The van der Waals surface area contributed by atoms with E-state index in [1.54, 1.807) is 0 Å². The fourth-order valence-electron chi connectivity index (χ4n) is 7.89. The fraction of sp³-hybridized carbons (Fsp3) is 0.957. The summed E-state index contributed by atoms with van der Waals surface area (Å²) in [5.74, 6) is 0.0447. The molecule has 0 aromatic heterocycles. The molecule has 1 aliphatic rings. The van der Waals surface area contributed by atoms with E-state index in [1.807, 2.05) is 0 Å². The SMILES string of the molecule is CCCCCCCCCOC(=O)CCCCCCCN(CCCO)CCCCCC1(CC(=O)OC(CCCCCCCC)CCCCCCCC)CC1. The standard InChI is InChI=1S/C47H91NO5/c1-4-7-10-13-16-22-30-42-52-45(50)34-26-20-17-21-28-38-48(40-31-41-49)39-29-23-27-35-47(36-37-47)43-46(51)53-44(32-24-18-14-11-8-5-2)33-25-19-15-12-9-6-3/h44,49H,4-43H2,1-3H3. The molecule has 1 rings (SSSR count). The number of nitrogens with zero attached hydrogens (tertiary/aromatic N) is 1. The van der Waals surface area contributed by atoms with E-state index in [4.69, 9.17) is 9.47 Å². The van der Waals surface area contributed by atoms with Gasteiger partial charge in [-0.3, -0.25) is 9.59 Å². The molecule has 0 aromatic carbocycles. The van der Waals surface area contributed by atoms with Gasteiger partial charge in [0.25, 0.3) is 0 Å². The van der Waals surface area contributed by atoms with Gasteiger partial charge in [0.1, 0.15) is 6.10 Å². The highest BCUT2D eigenvalue weighted by Gasteiger charge is 2.44. The summed E-state index contributed by atoms with van der Waals surface area (Å²) in [5.41, 5.74) is 0.211. The van der Waals surface area contributed by atoms with Crippen molar-refractivity contribution < 1.29 is 24.2 Å². The number of ether oxygens (including phenoxy) is 2. The number of hydrogen-bond donors (Lipinski definition) is 1. The summed E-state index contributed by atoms with van der Waals surface area (Å²) < 4.78 is 11.6. The number of carbonyl (C=O) groups excluding carboxylic acids is 2. The van der Waals surface area contributed by atoms with E-state index in [1.165, 1.54) is 167 Å². The minimum absolute atomic E-state index is 0.0232. The summed E-state index contributed by atoms with van der Waals surface area (Å²) in [6, 6.07) is 0. The number of aliphatic hydroxyl groups is 1. The van der Waals surface area contributed by atoms with E-state index in [0.29, 0.717) is 19.4 Å². The summed E-state index contributed by atoms with van der Waals surface area (Å²) in [4.78, 5) is 27.7. The van der Waals surface area contributed by atoms with Crippen LogP contribution in [0.2, 0.25) is 0 Å². The van der Waals surface area contributed by atoms with Crippen molar-refractivity contribution in [3.05, 3.63) is 0 Å². The Morgan fingerprint density at radius 3 is 1.53 bits per heavy atom. The highest BCUT2D eigenvalue weighted by atomic mass is 16.5. The van der Waals surface area contributed by atoms with Crippen molar-refractivity contribution in [1.29, 1.82) is 0 Å². The number of carbonyl (C=O) groups is 2. The van der Waals surface area contributed by atoms with Crippen LogP contribution in [0.15, 0.2) is 0 Å². The maximum absolute atomic E-state index is 13.2. The smallest absolute Gasteiger partial charge is 0.306 e. The molecule has 0 aromatic rings. The first-order valence-corrected chi connectivity index (χ1v) is 23.7. The van der Waals surface area contributed by atoms with Crippen molar-refractivity contribution in [2.75, 3.05) is 32.8 Å². The summed E-state index contributed by atoms with van der Waals surface area (Å²) >= 11 is 0. The average Bonchev–Trinajstić information content (AvgIpc) is 3.91. The summed E-state index contributed by atoms with van der Waals surface area (Å²) in [6.45, 7) is 10.8. The van der Waals surface area contributed by atoms with Crippen LogP contribution in [-0.2, 0) is 19.1 Å². The van der Waals surface area contributed by atoms with Crippen LogP contribution in [0.1, 0.15) is 245 Å². The number of unbranched alkanes of at least 4 members (excludes halogenated alkanes) is 22. The molecule has 0 aliphatic heterocycles. The molecular formula is C47H91NO5. The first kappa shape index (κ1) is 49.9. The van der Waals surface area contributed by atoms with Crippen LogP contribution in [0, 0.1) is 5.41 Å². The van der Waals surface area contributed by atoms with Crippen LogP contribution in [0.3, 0.4) is 0 Å². The Morgan fingerprint density at radius 2 is 1.00 bits per heavy atom. The van der Waals surface area contributed by atoms with Crippen molar-refractivity contribution >= 4 is 11.9 Å². The predicted molar refractivity (Wildman–Crippen MR) is 225 cm³/mol. The average molecular weight is 750 g/mol. The summed E-state index contributed by atoms with van der Waals surface area (Å²) in [7, 11) is 0. The second-order valence-corrected chi connectivity index (χ2v) is 17.0. The Bertz CT molecular complexity index is 799. The molecule has 0 unspecified atom stereocenters. The van der Waals surface area contributed by atoms with Crippen molar-refractivity contribution in [3.63, 3.8) is 0 Å². The molecule has 53 heavy (non-hydrogen) atoms. The maximum atomic E-state index is 13.2. The normalized spacial score (nSPS) is 13.6. The van der Waals surface area contributed by atoms with Gasteiger partial charge in [0.2, 0.25) is 0 Å². The topological polar surface area (TPSA) is 76.1 Å². The van der Waals surface area contributed by atoms with Crippen LogP contribution < -0.4 is 0 Å². The third-order valence-electron chi connectivity index (χ3n) is 11.7. The Kier molecular flexibility index (Phi) is 34.3. The van der Waals surface area contributed by atoms with E-state index in [-0.39, 0.29) is 30.1 Å². The van der Waals surface area contributed by atoms with E-state index >= 15 is 0 Å². The summed E-state index contributed by atoms with van der Waals surface area (Å²) in [5, 5.41) is 9.44. The molecular weight excluding hydrogens is 659 g/mol. The zero-order valence-corrected chi connectivity index (χ0v) is 35.9. The molecule has 0 atom stereocenters. The third kappa shape index (κ3) is 31.7. The van der Waals surface area contributed by atoms with E-state index in [0.717, 1.165) is 64.6 Å². The number of rotatable bonds is 42. The predicted octanol–water partition coefficient (Wildman–Crippen LogP) is 13.4. The van der Waals surface area contributed by atoms with Gasteiger partial charge in [0.15, 0.2) is 0 Å². The van der Waals surface area contributed by atoms with Crippen molar-refractivity contribution in [1.82, 2.24) is 4.90 Å². The van der Waals surface area contributed by atoms with Crippen LogP contribution in [0.5, 0.6) is 0 Å². The molecule has 1 N–H and O–H groups in total. The van der Waals surface area contributed by atoms with Crippen molar-refractivity contribution in [3.8, 4) is 0 Å². The highest BCUT2D eigenvalue weighted by molar-refractivity contribution is 5.71. The van der Waals surface area contributed by atoms with Gasteiger partial charge in [-0.05, 0) is 95.6 Å². The Balaban J connectivity index is 2.22. The van der Waals surface area contributed by atoms with Crippen molar-refractivity contribution in [2.24, 2.45) is 5.41 Å². The lowest BCUT2D eigenvalue weighted by atomic mass is 9.94. The second kappa shape index (κ2) is 36.5. The molecule has 0 heterocycles. The van der Waals surface area contributed by atoms with E-state index in [2.05, 4.69) is 25.7 Å². The van der Waals surface area contributed by atoms with Crippen LogP contribution in [0.25, 0.3) is 0 Å². The van der Waals surface area contributed by atoms with Gasteiger partial charge in [-0.2, -0.15) is 0 Å². The van der Waals surface area contributed by atoms with Gasteiger partial charge in [0.05, 0.1) is 13.0 Å². The molecule has 6 heteroatoms. The summed E-state index contributed by atoms with van der Waals surface area (Å²) in [6.07, 6.45) is 41.1. The fourth-order valence-corrected chi connectivity index (χ4v) is 7.89. The first-order valence-electron chi connectivity index (χ1n) is 23.7. The molecule has 0 bridgehead atoms. The van der Waals surface area contributed by atoms with Crippen LogP contribution >= 0.6 is 0 Å². The maximum Gasteiger partial charge on any atom is 0.306 e. The van der Waals surface area contributed by atoms with Gasteiger partial charge >= 0.3 is 11.9 Å². The number of hydrogen-bond acceptors (Lipinski definition) is 6. The highest BCUT2D eigenvalue weighted by Crippen LogP contribution is 2.53. The molecule has 0 amide bonds. The van der Waals surface area contributed by atoms with Crippen molar-refractivity contribution in [2.45, 2.75) is 252 Å². The van der Waals surface area contributed by atoms with Gasteiger partial charge in [0, 0.05) is 19.6 Å². The Morgan fingerprint density at radius 1 is 0.547 bits per heavy atom. The van der Waals surface area contributed by atoms with Gasteiger partial charge in [-0.1, -0.05) is 156 Å². The lowest BCUT2D eigenvalue weighted by molar-refractivity contribution is -0.151. The monoisotopic (exact) mass is 750 g/mol. The lowest BCUT2D eigenvalue weighted by Gasteiger charge is -2.22. The molecule has 0 saturated heterocycles. The van der Waals surface area contributed by atoms with E-state index in [9.17, 15) is 14.7 Å². The Hall–Kier alpha value is -1.14. The number of esters is 2.